The molecule has 0 atom stereocenters. The van der Waals surface area contributed by atoms with Crippen molar-refractivity contribution in [2.45, 2.75) is 26.1 Å². The molecule has 5 rings (SSSR count). The minimum absolute atomic E-state index is 0.362. The lowest BCUT2D eigenvalue weighted by Gasteiger charge is -2.33. The Labute approximate surface area is 240 Å². The van der Waals surface area contributed by atoms with Crippen molar-refractivity contribution in [3.05, 3.63) is 71.2 Å². The summed E-state index contributed by atoms with van der Waals surface area (Å²) < 4.78 is 44.2. The highest BCUT2D eigenvalue weighted by Crippen LogP contribution is 2.30. The summed E-state index contributed by atoms with van der Waals surface area (Å²) in [6, 6.07) is 15.1. The van der Waals surface area contributed by atoms with E-state index in [0.717, 1.165) is 73.2 Å². The van der Waals surface area contributed by atoms with Crippen molar-refractivity contribution in [2.75, 3.05) is 62.3 Å². The third kappa shape index (κ3) is 7.11. The molecule has 0 amide bonds. The molecule has 0 saturated carbocycles. The van der Waals surface area contributed by atoms with Gasteiger partial charge in [0.1, 0.15) is 24.6 Å². The zero-order valence-corrected chi connectivity index (χ0v) is 23.9. The van der Waals surface area contributed by atoms with Gasteiger partial charge in [0.2, 0.25) is 10.0 Å². The first-order valence-corrected chi connectivity index (χ1v) is 15.5. The first-order valence-electron chi connectivity index (χ1n) is 13.7. The van der Waals surface area contributed by atoms with E-state index in [0.29, 0.717) is 37.4 Å². The summed E-state index contributed by atoms with van der Waals surface area (Å²) in [7, 11) is -3.11. The van der Waals surface area contributed by atoms with E-state index < -0.39 is 16.7 Å². The van der Waals surface area contributed by atoms with Gasteiger partial charge in [-0.05, 0) is 55.3 Å². The van der Waals surface area contributed by atoms with Gasteiger partial charge >= 0.3 is 0 Å². The number of piperazine rings is 1. The average Bonchev–Trinajstić information content (AvgIpc) is 2.99. The molecule has 1 N–H and O–H groups in total. The van der Waals surface area contributed by atoms with Crippen LogP contribution in [0.3, 0.4) is 0 Å². The molecule has 1 saturated heterocycles. The largest absolute Gasteiger partial charge is 0.494 e. The fourth-order valence-electron chi connectivity index (χ4n) is 5.21. The highest BCUT2D eigenvalue weighted by atomic mass is 32.2. The first kappa shape index (κ1) is 28.7. The molecule has 0 aliphatic carbocycles. The number of nitrogens with zero attached hydrogens (tertiary/aromatic N) is 6. The Morgan fingerprint density at radius 3 is 2.56 bits per heavy atom. The number of ether oxygens (including phenoxy) is 1. The molecule has 1 aromatic heterocycles. The van der Waals surface area contributed by atoms with E-state index in [-0.39, 0.29) is 0 Å². The summed E-state index contributed by atoms with van der Waals surface area (Å²) in [5.74, 6) is 1.55. The molecule has 2 aliphatic rings. The van der Waals surface area contributed by atoms with Gasteiger partial charge in [-0.15, -0.1) is 0 Å². The van der Waals surface area contributed by atoms with Crippen LogP contribution in [0.2, 0.25) is 0 Å². The second kappa shape index (κ2) is 12.8. The summed E-state index contributed by atoms with van der Waals surface area (Å²) >= 11 is 0. The molecule has 3 aromatic rings. The average molecular weight is 580 g/mol. The summed E-state index contributed by atoms with van der Waals surface area (Å²) in [4.78, 5) is 13.4. The maximum absolute atomic E-state index is 13.4. The lowest BCUT2D eigenvalue weighted by molar-refractivity contribution is 0.175. The molecule has 0 spiro atoms. The topological polar surface area (TPSA) is 115 Å². The number of sulfonamides is 1. The molecule has 3 heterocycles. The molecule has 2 aliphatic heterocycles. The van der Waals surface area contributed by atoms with E-state index in [1.165, 1.54) is 10.6 Å². The van der Waals surface area contributed by atoms with E-state index in [4.69, 9.17) is 4.74 Å². The maximum Gasteiger partial charge on any atom is 0.211 e. The summed E-state index contributed by atoms with van der Waals surface area (Å²) in [5.41, 5.74) is 4.50. The number of nitrogens with one attached hydrogen (secondary N) is 1. The number of hydrogen-bond donors (Lipinski definition) is 1. The number of hydrogen-bond acceptors (Lipinski definition) is 9. The second-order valence-electron chi connectivity index (χ2n) is 10.3. The number of halogens is 1. The normalized spacial score (nSPS) is 16.2. The van der Waals surface area contributed by atoms with Crippen LogP contribution in [0, 0.1) is 11.3 Å². The Morgan fingerprint density at radius 1 is 1.07 bits per heavy atom. The molecular weight excluding hydrogens is 545 g/mol. The first-order chi connectivity index (χ1) is 19.8. The van der Waals surface area contributed by atoms with Crippen molar-refractivity contribution >= 4 is 27.2 Å². The quantitative estimate of drug-likeness (QED) is 0.361. The molecular formula is C29H34FN7O3S. The molecule has 12 heteroatoms. The van der Waals surface area contributed by atoms with Gasteiger partial charge in [0.05, 0.1) is 36.7 Å². The van der Waals surface area contributed by atoms with Gasteiger partial charge in [-0.3, -0.25) is 0 Å². The van der Waals surface area contributed by atoms with Gasteiger partial charge in [-0.2, -0.15) is 9.57 Å². The van der Waals surface area contributed by atoms with Gasteiger partial charge in [0.15, 0.2) is 0 Å². The zero-order chi connectivity index (χ0) is 28.8. The summed E-state index contributed by atoms with van der Waals surface area (Å²) in [5, 5.41) is 12.6. The van der Waals surface area contributed by atoms with Gasteiger partial charge in [-0.25, -0.2) is 22.8 Å². The molecule has 0 unspecified atom stereocenters. The van der Waals surface area contributed by atoms with Gasteiger partial charge in [-0.1, -0.05) is 0 Å². The van der Waals surface area contributed by atoms with E-state index in [1.54, 1.807) is 18.5 Å². The molecule has 2 aromatic carbocycles. The number of anilines is 3. The van der Waals surface area contributed by atoms with Crippen LogP contribution in [0.25, 0.3) is 0 Å². The van der Waals surface area contributed by atoms with Gasteiger partial charge < -0.3 is 19.9 Å². The van der Waals surface area contributed by atoms with Crippen LogP contribution in [-0.4, -0.2) is 79.7 Å². The van der Waals surface area contributed by atoms with Gasteiger partial charge in [0, 0.05) is 61.8 Å². The zero-order valence-electron chi connectivity index (χ0n) is 23.1. The molecule has 0 radical (unpaired) electrons. The van der Waals surface area contributed by atoms with Crippen LogP contribution >= 0.6 is 0 Å². The fourth-order valence-corrected chi connectivity index (χ4v) is 6.04. The summed E-state index contributed by atoms with van der Waals surface area (Å²) in [6.07, 6.45) is 4.40. The van der Waals surface area contributed by atoms with Crippen LogP contribution in [0.4, 0.5) is 21.6 Å². The number of rotatable bonds is 10. The Hall–Kier alpha value is -3.79. The molecule has 41 heavy (non-hydrogen) atoms. The molecule has 0 bridgehead atoms. The fraction of sp³-hybridized carbons (Fsp3) is 0.414. The highest BCUT2D eigenvalue weighted by Gasteiger charge is 2.23. The van der Waals surface area contributed by atoms with E-state index >= 15 is 0 Å². The number of benzene rings is 2. The Morgan fingerprint density at radius 2 is 1.85 bits per heavy atom. The third-order valence-electron chi connectivity index (χ3n) is 7.53. The van der Waals surface area contributed by atoms with Gasteiger partial charge in [0.25, 0.3) is 0 Å². The minimum atomic E-state index is -3.11. The molecule has 10 nitrogen and oxygen atoms in total. The van der Waals surface area contributed by atoms with Crippen molar-refractivity contribution < 1.29 is 17.5 Å². The predicted octanol–water partition coefficient (Wildman–Crippen LogP) is 3.47. The third-order valence-corrected chi connectivity index (χ3v) is 8.83. The molecule has 216 valence electrons. The number of aromatic nitrogens is 2. The molecule has 1 fully saturated rings. The Kier molecular flexibility index (Phi) is 8.97. The SMILES string of the molecule is CS(=O)(=O)N1CCN(CCCOc2ccc(Nc3ncnc4c3CCN(c3ccc(C#N)c(CF)c3)C4)cc2)CC1. The van der Waals surface area contributed by atoms with Crippen molar-refractivity contribution in [2.24, 2.45) is 0 Å². The Balaban J connectivity index is 1.12. The smallest absolute Gasteiger partial charge is 0.211 e. The monoisotopic (exact) mass is 579 g/mol. The van der Waals surface area contributed by atoms with Crippen LogP contribution in [0.5, 0.6) is 5.75 Å². The summed E-state index contributed by atoms with van der Waals surface area (Å²) in [6.45, 7) is 4.66. The van der Waals surface area contributed by atoms with Crippen LogP contribution in [0.1, 0.15) is 28.8 Å². The Bertz CT molecular complexity index is 1500. The minimum Gasteiger partial charge on any atom is -0.494 e. The van der Waals surface area contributed by atoms with Crippen molar-refractivity contribution in [1.29, 1.82) is 5.26 Å². The van der Waals surface area contributed by atoms with Crippen LogP contribution in [0.15, 0.2) is 48.8 Å². The lowest BCUT2D eigenvalue weighted by Crippen LogP contribution is -2.48. The van der Waals surface area contributed by atoms with E-state index in [1.807, 2.05) is 36.4 Å². The maximum atomic E-state index is 13.4. The number of alkyl halides is 1. The van der Waals surface area contributed by atoms with Crippen molar-refractivity contribution in [1.82, 2.24) is 19.2 Å². The highest BCUT2D eigenvalue weighted by molar-refractivity contribution is 7.88. The van der Waals surface area contributed by atoms with Crippen LogP contribution in [-0.2, 0) is 29.7 Å². The van der Waals surface area contributed by atoms with Crippen molar-refractivity contribution in [3.63, 3.8) is 0 Å². The lowest BCUT2D eigenvalue weighted by atomic mass is 10.0. The number of fused-ring (bicyclic) bond motifs is 1. The van der Waals surface area contributed by atoms with E-state index in [9.17, 15) is 18.1 Å². The van der Waals surface area contributed by atoms with Crippen LogP contribution < -0.4 is 15.0 Å². The van der Waals surface area contributed by atoms with E-state index in [2.05, 4.69) is 25.1 Å². The standard InChI is InChI=1S/C29H34FN7O3S/c1-41(38,39)37-14-12-35(13-15-37)10-2-16-40-26-7-4-24(5-8-26)34-29-27-9-11-36(20-28(27)32-21-33-29)25-6-3-22(19-31)23(17-25)18-30/h3-8,17,21H,2,9-16,18,20H2,1H3,(H,32,33,34). The van der Waals surface area contributed by atoms with Crippen molar-refractivity contribution in [3.8, 4) is 11.8 Å². The predicted molar refractivity (Wildman–Crippen MR) is 155 cm³/mol. The second-order valence-corrected chi connectivity index (χ2v) is 12.2. The number of nitriles is 1.